The third kappa shape index (κ3) is 10.6. The molecule has 0 atom stereocenters. The molecule has 0 unspecified atom stereocenters. The molecule has 1 aromatic rings. The second-order valence-electron chi connectivity index (χ2n) is 5.14. The Hall–Kier alpha value is -1.81. The lowest BCUT2D eigenvalue weighted by atomic mass is 10.1. The minimum absolute atomic E-state index is 0.647. The van der Waals surface area contributed by atoms with E-state index < -0.39 is 0 Å². The highest BCUT2D eigenvalue weighted by Gasteiger charge is 1.94. The number of rotatable bonds is 13. The fourth-order valence-electron chi connectivity index (χ4n) is 2.18. The Labute approximate surface area is 127 Å². The first kappa shape index (κ1) is 17.2. The Morgan fingerprint density at radius 2 is 1.48 bits per heavy atom. The molecule has 0 aromatic carbocycles. The van der Waals surface area contributed by atoms with E-state index in [9.17, 15) is 0 Å². The molecular weight excluding hydrogens is 264 g/mol. The van der Waals surface area contributed by atoms with E-state index in [1.807, 2.05) is 6.07 Å². The lowest BCUT2D eigenvalue weighted by Crippen LogP contribution is -2.04. The Balaban J connectivity index is 1.77. The van der Waals surface area contributed by atoms with Gasteiger partial charge in [0.05, 0.1) is 0 Å². The maximum Gasteiger partial charge on any atom is 0.222 e. The summed E-state index contributed by atoms with van der Waals surface area (Å²) in [6.45, 7) is 1.60. The molecule has 0 saturated carbocycles. The van der Waals surface area contributed by atoms with Crippen molar-refractivity contribution in [1.82, 2.24) is 9.97 Å². The van der Waals surface area contributed by atoms with E-state index in [1.165, 1.54) is 51.4 Å². The van der Waals surface area contributed by atoms with E-state index in [-0.39, 0.29) is 0 Å². The van der Waals surface area contributed by atoms with Crippen LogP contribution in [0.4, 0.5) is 5.95 Å². The summed E-state index contributed by atoms with van der Waals surface area (Å²) in [5.74, 6) is 0.721. The first-order valence-electron chi connectivity index (χ1n) is 7.95. The van der Waals surface area contributed by atoms with Gasteiger partial charge in [-0.2, -0.15) is 0 Å². The first-order chi connectivity index (χ1) is 10.4. The number of aromatic nitrogens is 2. The molecule has 116 valence electrons. The quantitative estimate of drug-likeness (QED) is 0.247. The van der Waals surface area contributed by atoms with Gasteiger partial charge in [0.1, 0.15) is 0 Å². The molecule has 1 heterocycles. The van der Waals surface area contributed by atoms with Crippen LogP contribution in [0.2, 0.25) is 0 Å². The molecular formula is C15H26N6. The second-order valence-corrected chi connectivity index (χ2v) is 5.14. The van der Waals surface area contributed by atoms with E-state index in [0.717, 1.165) is 18.9 Å². The summed E-state index contributed by atoms with van der Waals surface area (Å²) >= 11 is 0. The van der Waals surface area contributed by atoms with Gasteiger partial charge in [-0.15, -0.1) is 0 Å². The highest BCUT2D eigenvalue weighted by Crippen LogP contribution is 2.09. The van der Waals surface area contributed by atoms with Crippen molar-refractivity contribution in [3.05, 3.63) is 28.9 Å². The smallest absolute Gasteiger partial charge is 0.222 e. The molecule has 0 aliphatic heterocycles. The Morgan fingerprint density at radius 1 is 0.905 bits per heavy atom. The van der Waals surface area contributed by atoms with Crippen molar-refractivity contribution in [2.24, 2.45) is 5.11 Å². The van der Waals surface area contributed by atoms with Crippen LogP contribution in [0, 0.1) is 0 Å². The molecule has 1 N–H and O–H groups in total. The zero-order chi connectivity index (χ0) is 15.0. The third-order valence-electron chi connectivity index (χ3n) is 3.35. The maximum atomic E-state index is 8.14. The molecule has 1 rings (SSSR count). The number of unbranched alkanes of at least 4 members (excludes halogenated alkanes) is 8. The van der Waals surface area contributed by atoms with Crippen LogP contribution in [0.3, 0.4) is 0 Å². The Morgan fingerprint density at radius 3 is 2.10 bits per heavy atom. The average Bonchev–Trinajstić information content (AvgIpc) is 2.53. The van der Waals surface area contributed by atoms with Crippen LogP contribution in [0.5, 0.6) is 0 Å². The molecule has 6 nitrogen and oxygen atoms in total. The zero-order valence-corrected chi connectivity index (χ0v) is 12.7. The number of azide groups is 1. The van der Waals surface area contributed by atoms with Crippen molar-refractivity contribution in [3.8, 4) is 0 Å². The summed E-state index contributed by atoms with van der Waals surface area (Å²) in [6.07, 6.45) is 14.6. The van der Waals surface area contributed by atoms with Gasteiger partial charge in [0.15, 0.2) is 0 Å². The average molecular weight is 290 g/mol. The molecule has 0 radical (unpaired) electrons. The van der Waals surface area contributed by atoms with Gasteiger partial charge in [-0.25, -0.2) is 9.97 Å². The fourth-order valence-corrected chi connectivity index (χ4v) is 2.18. The standard InChI is InChI=1S/C15H26N6/c16-21-20-14-9-7-5-3-1-2-4-6-8-11-17-15-18-12-10-13-19-15/h10,12-13H,1-9,11,14H2,(H,17,18,19). The molecule has 1 aromatic heterocycles. The predicted octanol–water partition coefficient (Wildman–Crippen LogP) is 4.71. The highest BCUT2D eigenvalue weighted by molar-refractivity contribution is 5.21. The monoisotopic (exact) mass is 290 g/mol. The molecule has 0 bridgehead atoms. The van der Waals surface area contributed by atoms with Gasteiger partial charge in [0, 0.05) is 30.4 Å². The van der Waals surface area contributed by atoms with Gasteiger partial charge in [0.25, 0.3) is 0 Å². The summed E-state index contributed by atoms with van der Waals surface area (Å²) < 4.78 is 0. The summed E-state index contributed by atoms with van der Waals surface area (Å²) in [7, 11) is 0. The van der Waals surface area contributed by atoms with Gasteiger partial charge in [-0.3, -0.25) is 0 Å². The van der Waals surface area contributed by atoms with Gasteiger partial charge < -0.3 is 5.32 Å². The van der Waals surface area contributed by atoms with Crippen LogP contribution in [0.15, 0.2) is 23.6 Å². The van der Waals surface area contributed by atoms with Crippen molar-refractivity contribution in [2.75, 3.05) is 18.4 Å². The molecule has 6 heteroatoms. The summed E-state index contributed by atoms with van der Waals surface area (Å²) in [5.41, 5.74) is 8.14. The van der Waals surface area contributed by atoms with Gasteiger partial charge in [-0.05, 0) is 24.4 Å². The van der Waals surface area contributed by atoms with Gasteiger partial charge in [0.2, 0.25) is 5.95 Å². The number of hydrogen-bond acceptors (Lipinski definition) is 4. The highest BCUT2D eigenvalue weighted by atomic mass is 15.1. The minimum atomic E-state index is 0.647. The Bertz CT molecular complexity index is 388. The zero-order valence-electron chi connectivity index (χ0n) is 12.7. The third-order valence-corrected chi connectivity index (χ3v) is 3.35. The van der Waals surface area contributed by atoms with Gasteiger partial charge in [-0.1, -0.05) is 50.1 Å². The molecule has 21 heavy (non-hydrogen) atoms. The number of nitrogens with zero attached hydrogens (tertiary/aromatic N) is 5. The summed E-state index contributed by atoms with van der Waals surface area (Å²) in [4.78, 5) is 11.0. The molecule has 0 spiro atoms. The molecule has 0 aliphatic carbocycles. The van der Waals surface area contributed by atoms with E-state index in [4.69, 9.17) is 5.53 Å². The van der Waals surface area contributed by atoms with E-state index >= 15 is 0 Å². The SMILES string of the molecule is [N-]=[N+]=NCCCCCCCCCCCNc1ncccn1. The van der Waals surface area contributed by atoms with Crippen molar-refractivity contribution >= 4 is 5.95 Å². The second kappa shape index (κ2) is 13.2. The minimum Gasteiger partial charge on any atom is -0.354 e. The predicted molar refractivity (Wildman–Crippen MR) is 86.1 cm³/mol. The largest absolute Gasteiger partial charge is 0.354 e. The number of nitrogens with one attached hydrogen (secondary N) is 1. The van der Waals surface area contributed by atoms with Crippen molar-refractivity contribution in [2.45, 2.75) is 57.8 Å². The van der Waals surface area contributed by atoms with Crippen molar-refractivity contribution in [1.29, 1.82) is 0 Å². The molecule has 0 saturated heterocycles. The first-order valence-corrected chi connectivity index (χ1v) is 7.95. The lowest BCUT2D eigenvalue weighted by Gasteiger charge is -2.04. The van der Waals surface area contributed by atoms with Crippen LogP contribution in [-0.2, 0) is 0 Å². The number of anilines is 1. The van der Waals surface area contributed by atoms with E-state index in [0.29, 0.717) is 6.54 Å². The lowest BCUT2D eigenvalue weighted by molar-refractivity contribution is 0.564. The number of hydrogen-bond donors (Lipinski definition) is 1. The van der Waals surface area contributed by atoms with Crippen LogP contribution in [0.1, 0.15) is 57.8 Å². The molecule has 0 aliphatic rings. The summed E-state index contributed by atoms with van der Waals surface area (Å²) in [6, 6.07) is 1.82. The van der Waals surface area contributed by atoms with Crippen molar-refractivity contribution < 1.29 is 0 Å². The Kier molecular flexibility index (Phi) is 10.8. The van der Waals surface area contributed by atoms with E-state index in [1.54, 1.807) is 12.4 Å². The van der Waals surface area contributed by atoms with Crippen LogP contribution < -0.4 is 5.32 Å². The van der Waals surface area contributed by atoms with Crippen LogP contribution >= 0.6 is 0 Å². The van der Waals surface area contributed by atoms with Crippen molar-refractivity contribution in [3.63, 3.8) is 0 Å². The molecule has 0 fully saturated rings. The molecule has 0 amide bonds. The van der Waals surface area contributed by atoms with Gasteiger partial charge >= 0.3 is 0 Å². The fraction of sp³-hybridized carbons (Fsp3) is 0.733. The normalized spacial score (nSPS) is 10.1. The van der Waals surface area contributed by atoms with E-state index in [2.05, 4.69) is 25.3 Å². The van der Waals surface area contributed by atoms with Crippen LogP contribution in [0.25, 0.3) is 10.4 Å². The van der Waals surface area contributed by atoms with Crippen LogP contribution in [-0.4, -0.2) is 23.1 Å². The maximum absolute atomic E-state index is 8.14. The summed E-state index contributed by atoms with van der Waals surface area (Å²) in [5, 5.41) is 6.76. The topological polar surface area (TPSA) is 86.6 Å².